The number of sulfone groups is 1. The van der Waals surface area contributed by atoms with Crippen LogP contribution >= 0.6 is 11.3 Å². The second-order valence-corrected chi connectivity index (χ2v) is 8.49. The summed E-state index contributed by atoms with van der Waals surface area (Å²) in [5, 5.41) is 1.91. The second kappa shape index (κ2) is 6.26. The van der Waals surface area contributed by atoms with Gasteiger partial charge in [-0.2, -0.15) is 0 Å². The van der Waals surface area contributed by atoms with Crippen LogP contribution < -0.4 is 0 Å². The van der Waals surface area contributed by atoms with Crippen molar-refractivity contribution in [3.05, 3.63) is 21.9 Å². The topological polar surface area (TPSA) is 54.5 Å². The fourth-order valence-corrected chi connectivity index (χ4v) is 5.13. The standard InChI is InChI=1S/C14H21NO3S2/c1-3-4-7-15(12-6-9-20(17,18)10-12)14(16)13-11(2)5-8-19-13/h5,8,12H,3-4,6-7,9-10H2,1-2H3. The molecule has 0 aliphatic carbocycles. The van der Waals surface area contributed by atoms with Crippen molar-refractivity contribution in [1.82, 2.24) is 4.90 Å². The largest absolute Gasteiger partial charge is 0.334 e. The Bertz CT molecular complexity index is 577. The van der Waals surface area contributed by atoms with E-state index in [4.69, 9.17) is 0 Å². The van der Waals surface area contributed by atoms with Crippen molar-refractivity contribution < 1.29 is 13.2 Å². The molecule has 20 heavy (non-hydrogen) atoms. The summed E-state index contributed by atoms with van der Waals surface area (Å²) in [7, 11) is -2.97. The van der Waals surface area contributed by atoms with E-state index in [1.165, 1.54) is 11.3 Å². The maximum absolute atomic E-state index is 12.7. The molecule has 0 aromatic carbocycles. The molecule has 0 spiro atoms. The number of rotatable bonds is 5. The molecular formula is C14H21NO3S2. The van der Waals surface area contributed by atoms with Crippen LogP contribution in [-0.2, 0) is 9.84 Å². The van der Waals surface area contributed by atoms with Crippen molar-refractivity contribution in [3.63, 3.8) is 0 Å². The first kappa shape index (κ1) is 15.5. The van der Waals surface area contributed by atoms with Crippen molar-refractivity contribution in [3.8, 4) is 0 Å². The van der Waals surface area contributed by atoms with Crippen LogP contribution in [0.15, 0.2) is 11.4 Å². The van der Waals surface area contributed by atoms with Gasteiger partial charge in [0.05, 0.1) is 16.4 Å². The lowest BCUT2D eigenvalue weighted by atomic mass is 10.1. The van der Waals surface area contributed by atoms with E-state index in [0.717, 1.165) is 23.3 Å². The molecule has 2 rings (SSSR count). The monoisotopic (exact) mass is 315 g/mol. The number of unbranched alkanes of at least 4 members (excludes halogenated alkanes) is 1. The van der Waals surface area contributed by atoms with Gasteiger partial charge in [-0.1, -0.05) is 13.3 Å². The molecule has 112 valence electrons. The number of aryl methyl sites for hydroxylation is 1. The zero-order valence-electron chi connectivity index (χ0n) is 12.0. The van der Waals surface area contributed by atoms with Gasteiger partial charge in [-0.3, -0.25) is 4.79 Å². The van der Waals surface area contributed by atoms with Crippen LogP contribution in [0.4, 0.5) is 0 Å². The van der Waals surface area contributed by atoms with E-state index in [1.807, 2.05) is 18.4 Å². The molecule has 1 aliphatic heterocycles. The molecule has 1 aromatic heterocycles. The lowest BCUT2D eigenvalue weighted by Gasteiger charge is -2.28. The van der Waals surface area contributed by atoms with Crippen LogP contribution in [0.5, 0.6) is 0 Å². The predicted octanol–water partition coefficient (Wildman–Crippen LogP) is 2.49. The smallest absolute Gasteiger partial charge is 0.264 e. The fraction of sp³-hybridized carbons (Fsp3) is 0.643. The summed E-state index contributed by atoms with van der Waals surface area (Å²) < 4.78 is 23.3. The van der Waals surface area contributed by atoms with Gasteiger partial charge in [-0.05, 0) is 36.8 Å². The Kier molecular flexibility index (Phi) is 4.86. The molecule has 0 bridgehead atoms. The summed E-state index contributed by atoms with van der Waals surface area (Å²) in [5.41, 5.74) is 0.974. The van der Waals surface area contributed by atoms with Crippen LogP contribution in [-0.4, -0.2) is 43.3 Å². The highest BCUT2D eigenvalue weighted by Crippen LogP contribution is 2.24. The first-order chi connectivity index (χ1) is 9.44. The minimum atomic E-state index is -2.97. The van der Waals surface area contributed by atoms with E-state index < -0.39 is 9.84 Å². The van der Waals surface area contributed by atoms with Gasteiger partial charge in [-0.15, -0.1) is 11.3 Å². The van der Waals surface area contributed by atoms with Crippen LogP contribution in [0.1, 0.15) is 41.4 Å². The van der Waals surface area contributed by atoms with Crippen molar-refractivity contribution >= 4 is 27.1 Å². The van der Waals surface area contributed by atoms with Crippen LogP contribution in [0, 0.1) is 6.92 Å². The van der Waals surface area contributed by atoms with Gasteiger partial charge in [0, 0.05) is 12.6 Å². The van der Waals surface area contributed by atoms with E-state index in [0.29, 0.717) is 13.0 Å². The Morgan fingerprint density at radius 1 is 1.50 bits per heavy atom. The SMILES string of the molecule is CCCCN(C(=O)c1sccc1C)C1CCS(=O)(=O)C1. The van der Waals surface area contributed by atoms with Gasteiger partial charge in [0.25, 0.3) is 5.91 Å². The highest BCUT2D eigenvalue weighted by Gasteiger charge is 2.35. The van der Waals surface area contributed by atoms with E-state index >= 15 is 0 Å². The number of carbonyl (C=O) groups is 1. The van der Waals surface area contributed by atoms with Gasteiger partial charge in [0.15, 0.2) is 9.84 Å². The zero-order valence-corrected chi connectivity index (χ0v) is 13.6. The Morgan fingerprint density at radius 2 is 2.25 bits per heavy atom. The van der Waals surface area contributed by atoms with Crippen molar-refractivity contribution in [1.29, 1.82) is 0 Å². The number of hydrogen-bond acceptors (Lipinski definition) is 4. The summed E-state index contributed by atoms with van der Waals surface area (Å²) in [4.78, 5) is 15.2. The van der Waals surface area contributed by atoms with Crippen LogP contribution in [0.3, 0.4) is 0 Å². The van der Waals surface area contributed by atoms with Gasteiger partial charge in [0.1, 0.15) is 0 Å². The molecule has 4 nitrogen and oxygen atoms in total. The highest BCUT2D eigenvalue weighted by atomic mass is 32.2. The third-order valence-corrected chi connectivity index (χ3v) is 6.47. The van der Waals surface area contributed by atoms with Crippen LogP contribution in [0.2, 0.25) is 0 Å². The van der Waals surface area contributed by atoms with Gasteiger partial charge in [-0.25, -0.2) is 8.42 Å². The molecule has 2 heterocycles. The lowest BCUT2D eigenvalue weighted by Crippen LogP contribution is -2.41. The Hall–Kier alpha value is -0.880. The maximum Gasteiger partial charge on any atom is 0.264 e. The van der Waals surface area contributed by atoms with Gasteiger partial charge >= 0.3 is 0 Å². The normalized spacial score (nSPS) is 21.0. The Labute approximate surface area is 124 Å². The average Bonchev–Trinajstić information content (AvgIpc) is 2.95. The Morgan fingerprint density at radius 3 is 2.75 bits per heavy atom. The number of amides is 1. The summed E-state index contributed by atoms with van der Waals surface area (Å²) >= 11 is 1.44. The minimum Gasteiger partial charge on any atom is -0.334 e. The molecular weight excluding hydrogens is 294 g/mol. The van der Waals surface area contributed by atoms with E-state index in [-0.39, 0.29) is 23.5 Å². The maximum atomic E-state index is 12.7. The molecule has 6 heteroatoms. The molecule has 1 aliphatic rings. The number of thiophene rings is 1. The molecule has 0 radical (unpaired) electrons. The molecule has 1 unspecified atom stereocenters. The number of hydrogen-bond donors (Lipinski definition) is 0. The lowest BCUT2D eigenvalue weighted by molar-refractivity contribution is 0.0698. The van der Waals surface area contributed by atoms with E-state index in [1.54, 1.807) is 4.90 Å². The van der Waals surface area contributed by atoms with Gasteiger partial charge < -0.3 is 4.90 Å². The summed E-state index contributed by atoms with van der Waals surface area (Å²) in [6, 6.07) is 1.78. The zero-order chi connectivity index (χ0) is 14.8. The van der Waals surface area contributed by atoms with Crippen molar-refractivity contribution in [2.24, 2.45) is 0 Å². The molecule has 0 N–H and O–H groups in total. The fourth-order valence-electron chi connectivity index (χ4n) is 2.52. The molecule has 1 amide bonds. The summed E-state index contributed by atoms with van der Waals surface area (Å²) in [6.45, 7) is 4.64. The predicted molar refractivity (Wildman–Crippen MR) is 82.1 cm³/mol. The Balaban J connectivity index is 2.20. The van der Waals surface area contributed by atoms with E-state index in [9.17, 15) is 13.2 Å². The summed E-state index contributed by atoms with van der Waals surface area (Å²) in [5.74, 6) is 0.317. The second-order valence-electron chi connectivity index (χ2n) is 5.34. The van der Waals surface area contributed by atoms with E-state index in [2.05, 4.69) is 6.92 Å². The molecule has 1 fully saturated rings. The number of nitrogens with zero attached hydrogens (tertiary/aromatic N) is 1. The van der Waals surface area contributed by atoms with Crippen molar-refractivity contribution in [2.75, 3.05) is 18.1 Å². The summed E-state index contributed by atoms with van der Waals surface area (Å²) in [6.07, 6.45) is 2.47. The average molecular weight is 315 g/mol. The third-order valence-electron chi connectivity index (χ3n) is 3.72. The molecule has 0 saturated carbocycles. The van der Waals surface area contributed by atoms with Crippen LogP contribution in [0.25, 0.3) is 0 Å². The molecule has 1 aromatic rings. The number of carbonyl (C=O) groups excluding carboxylic acids is 1. The first-order valence-corrected chi connectivity index (χ1v) is 9.70. The first-order valence-electron chi connectivity index (χ1n) is 7.00. The minimum absolute atomic E-state index is 0.00644. The molecule has 1 saturated heterocycles. The molecule has 1 atom stereocenters. The third kappa shape index (κ3) is 3.41. The highest BCUT2D eigenvalue weighted by molar-refractivity contribution is 7.91. The van der Waals surface area contributed by atoms with Gasteiger partial charge in [0.2, 0.25) is 0 Å². The quantitative estimate of drug-likeness (QED) is 0.839. The van der Waals surface area contributed by atoms with Crippen molar-refractivity contribution in [2.45, 2.75) is 39.2 Å².